The summed E-state index contributed by atoms with van der Waals surface area (Å²) in [5.74, 6) is 0.243. The number of nitro benzene ring substituents is 1. The van der Waals surface area contributed by atoms with Gasteiger partial charge in [-0.1, -0.05) is 11.6 Å². The first-order valence-electron chi connectivity index (χ1n) is 8.28. The lowest BCUT2D eigenvalue weighted by atomic mass is 10.2. The highest BCUT2D eigenvalue weighted by Gasteiger charge is 2.16. The van der Waals surface area contributed by atoms with Gasteiger partial charge in [-0.2, -0.15) is 5.10 Å². The second-order valence-electron chi connectivity index (χ2n) is 6.23. The Morgan fingerprint density at radius 1 is 1.21 bits per heavy atom. The van der Waals surface area contributed by atoms with Gasteiger partial charge in [-0.25, -0.2) is 0 Å². The number of carbonyl (C=O) groups is 1. The number of amides is 1. The van der Waals surface area contributed by atoms with Crippen LogP contribution < -0.4 is 10.1 Å². The molecule has 0 aliphatic carbocycles. The van der Waals surface area contributed by atoms with Crippen molar-refractivity contribution in [1.82, 2.24) is 9.78 Å². The van der Waals surface area contributed by atoms with Gasteiger partial charge in [-0.3, -0.25) is 19.6 Å². The maximum Gasteiger partial charge on any atom is 0.276 e. The number of non-ortho nitro benzene ring substituents is 1. The van der Waals surface area contributed by atoms with Gasteiger partial charge < -0.3 is 10.1 Å². The largest absolute Gasteiger partial charge is 0.457 e. The van der Waals surface area contributed by atoms with Crippen molar-refractivity contribution in [2.45, 2.75) is 13.8 Å². The molecule has 144 valence electrons. The van der Waals surface area contributed by atoms with E-state index in [1.165, 1.54) is 18.2 Å². The molecule has 0 fully saturated rings. The summed E-state index contributed by atoms with van der Waals surface area (Å²) in [6.45, 7) is 3.63. The van der Waals surface area contributed by atoms with Crippen molar-refractivity contribution >= 4 is 28.9 Å². The van der Waals surface area contributed by atoms with Crippen LogP contribution in [0.1, 0.15) is 21.7 Å². The Hall–Kier alpha value is -3.39. The minimum atomic E-state index is -0.553. The molecule has 0 spiro atoms. The number of nitrogens with one attached hydrogen (secondary N) is 1. The van der Waals surface area contributed by atoms with Gasteiger partial charge in [0.1, 0.15) is 11.5 Å². The van der Waals surface area contributed by atoms with Crippen molar-refractivity contribution in [2.75, 3.05) is 5.32 Å². The first kappa shape index (κ1) is 19.4. The Morgan fingerprint density at radius 3 is 2.57 bits per heavy atom. The van der Waals surface area contributed by atoms with E-state index in [-0.39, 0.29) is 22.8 Å². The molecule has 3 aromatic rings. The lowest BCUT2D eigenvalue weighted by Gasteiger charge is -2.11. The van der Waals surface area contributed by atoms with Gasteiger partial charge >= 0.3 is 0 Å². The summed E-state index contributed by atoms with van der Waals surface area (Å²) in [7, 11) is 1.72. The van der Waals surface area contributed by atoms with Gasteiger partial charge in [0.25, 0.3) is 11.6 Å². The molecule has 0 saturated carbocycles. The summed E-state index contributed by atoms with van der Waals surface area (Å²) >= 11 is 5.94. The van der Waals surface area contributed by atoms with Crippen molar-refractivity contribution < 1.29 is 14.5 Å². The minimum Gasteiger partial charge on any atom is -0.457 e. The van der Waals surface area contributed by atoms with E-state index in [4.69, 9.17) is 16.3 Å². The lowest BCUT2D eigenvalue weighted by Crippen LogP contribution is -2.13. The quantitative estimate of drug-likeness (QED) is 0.496. The molecule has 0 bridgehead atoms. The summed E-state index contributed by atoms with van der Waals surface area (Å²) < 4.78 is 7.34. The first-order valence-corrected chi connectivity index (χ1v) is 8.66. The summed E-state index contributed by atoms with van der Waals surface area (Å²) in [5.41, 5.74) is 1.81. The van der Waals surface area contributed by atoms with E-state index in [2.05, 4.69) is 10.4 Å². The number of hydrogen-bond donors (Lipinski definition) is 1. The van der Waals surface area contributed by atoms with Gasteiger partial charge in [0, 0.05) is 29.9 Å². The van der Waals surface area contributed by atoms with Crippen LogP contribution in [0.25, 0.3) is 0 Å². The molecule has 1 N–H and O–H groups in total. The van der Waals surface area contributed by atoms with Gasteiger partial charge in [-0.05, 0) is 43.7 Å². The van der Waals surface area contributed by atoms with Crippen molar-refractivity contribution in [2.24, 2.45) is 7.05 Å². The van der Waals surface area contributed by atoms with Crippen LogP contribution >= 0.6 is 11.6 Å². The summed E-state index contributed by atoms with van der Waals surface area (Å²) in [5, 5.41) is 18.6. The number of aryl methyl sites for hydroxylation is 3. The van der Waals surface area contributed by atoms with E-state index in [0.717, 1.165) is 11.3 Å². The molecule has 0 radical (unpaired) electrons. The molecule has 8 nitrogen and oxygen atoms in total. The molecular weight excluding hydrogens is 384 g/mol. The predicted molar refractivity (Wildman–Crippen MR) is 105 cm³/mol. The molecule has 0 atom stereocenters. The maximum atomic E-state index is 12.4. The van der Waals surface area contributed by atoms with Crippen LogP contribution in [0.2, 0.25) is 5.02 Å². The van der Waals surface area contributed by atoms with Crippen LogP contribution in [0.5, 0.6) is 11.5 Å². The number of rotatable bonds is 5. The van der Waals surface area contributed by atoms with E-state index in [9.17, 15) is 14.9 Å². The molecule has 0 saturated heterocycles. The molecule has 3 rings (SSSR count). The van der Waals surface area contributed by atoms with Crippen LogP contribution in [0.15, 0.2) is 42.5 Å². The predicted octanol–water partition coefficient (Wildman–Crippen LogP) is 4.64. The fraction of sp³-hybridized carbons (Fsp3) is 0.158. The third kappa shape index (κ3) is 4.29. The molecule has 1 amide bonds. The average molecular weight is 401 g/mol. The first-order chi connectivity index (χ1) is 13.2. The van der Waals surface area contributed by atoms with Crippen molar-refractivity contribution in [3.8, 4) is 11.5 Å². The molecule has 0 unspecified atom stereocenters. The van der Waals surface area contributed by atoms with E-state index in [1.54, 1.807) is 36.0 Å². The van der Waals surface area contributed by atoms with Crippen LogP contribution in [-0.4, -0.2) is 20.6 Å². The standard InChI is InChI=1S/C19H17ClN4O4/c1-11-6-13(20)4-5-18(11)28-16-9-14(8-15(10-16)24(26)27)21-19(25)17-7-12(2)23(3)22-17/h4-10H,1-3H3,(H,21,25). The average Bonchev–Trinajstić information content (AvgIpc) is 2.96. The number of anilines is 1. The number of halogens is 1. The number of nitro groups is 1. The normalized spacial score (nSPS) is 10.6. The molecule has 28 heavy (non-hydrogen) atoms. The van der Waals surface area contributed by atoms with E-state index in [0.29, 0.717) is 10.8 Å². The number of nitrogens with zero attached hydrogens (tertiary/aromatic N) is 3. The third-order valence-corrected chi connectivity index (χ3v) is 4.31. The van der Waals surface area contributed by atoms with E-state index >= 15 is 0 Å². The molecule has 1 aromatic heterocycles. The molecule has 2 aromatic carbocycles. The topological polar surface area (TPSA) is 99.3 Å². The van der Waals surface area contributed by atoms with Gasteiger partial charge in [-0.15, -0.1) is 0 Å². The molecule has 0 aliphatic heterocycles. The highest BCUT2D eigenvalue weighted by molar-refractivity contribution is 6.30. The number of carbonyl (C=O) groups excluding carboxylic acids is 1. The second kappa shape index (κ2) is 7.69. The fourth-order valence-corrected chi connectivity index (χ4v) is 2.77. The zero-order valence-corrected chi connectivity index (χ0v) is 16.1. The zero-order valence-electron chi connectivity index (χ0n) is 15.4. The summed E-state index contributed by atoms with van der Waals surface area (Å²) in [6, 6.07) is 10.7. The number of ether oxygens (including phenoxy) is 1. The Balaban J connectivity index is 1.90. The summed E-state index contributed by atoms with van der Waals surface area (Å²) in [4.78, 5) is 23.1. The van der Waals surface area contributed by atoms with Crippen molar-refractivity contribution in [1.29, 1.82) is 0 Å². The van der Waals surface area contributed by atoms with Crippen molar-refractivity contribution in [3.63, 3.8) is 0 Å². The third-order valence-electron chi connectivity index (χ3n) is 4.07. The highest BCUT2D eigenvalue weighted by Crippen LogP contribution is 2.32. The van der Waals surface area contributed by atoms with E-state index in [1.807, 2.05) is 13.8 Å². The minimum absolute atomic E-state index is 0.211. The highest BCUT2D eigenvalue weighted by atomic mass is 35.5. The number of benzene rings is 2. The Kier molecular flexibility index (Phi) is 5.32. The zero-order chi connectivity index (χ0) is 20.4. The lowest BCUT2D eigenvalue weighted by molar-refractivity contribution is -0.384. The fourth-order valence-electron chi connectivity index (χ4n) is 2.54. The monoisotopic (exact) mass is 400 g/mol. The van der Waals surface area contributed by atoms with E-state index < -0.39 is 10.8 Å². The van der Waals surface area contributed by atoms with Gasteiger partial charge in [0.2, 0.25) is 0 Å². The summed E-state index contributed by atoms with van der Waals surface area (Å²) in [6.07, 6.45) is 0. The Morgan fingerprint density at radius 2 is 1.96 bits per heavy atom. The van der Waals surface area contributed by atoms with Gasteiger partial charge in [0.05, 0.1) is 16.7 Å². The van der Waals surface area contributed by atoms with Crippen molar-refractivity contribution in [3.05, 3.63) is 74.6 Å². The Labute approximate surface area is 165 Å². The van der Waals surface area contributed by atoms with Crippen LogP contribution in [-0.2, 0) is 7.05 Å². The van der Waals surface area contributed by atoms with Crippen LogP contribution in [0.4, 0.5) is 11.4 Å². The number of hydrogen-bond acceptors (Lipinski definition) is 5. The molecular formula is C19H17ClN4O4. The van der Waals surface area contributed by atoms with Crippen LogP contribution in [0, 0.1) is 24.0 Å². The molecule has 1 heterocycles. The smallest absolute Gasteiger partial charge is 0.276 e. The van der Waals surface area contributed by atoms with Crippen LogP contribution in [0.3, 0.4) is 0 Å². The molecule has 9 heteroatoms. The second-order valence-corrected chi connectivity index (χ2v) is 6.67. The Bertz CT molecular complexity index is 1060. The molecule has 0 aliphatic rings. The maximum absolute atomic E-state index is 12.4. The van der Waals surface area contributed by atoms with Gasteiger partial charge in [0.15, 0.2) is 5.69 Å². The SMILES string of the molecule is Cc1cc(Cl)ccc1Oc1cc(NC(=O)c2cc(C)n(C)n2)cc([N+](=O)[O-])c1. The number of aromatic nitrogens is 2.